The molecule has 0 bridgehead atoms. The molecular weight excluding hydrogens is 375 g/mol. The predicted molar refractivity (Wildman–Crippen MR) is 104 cm³/mol. The van der Waals surface area contributed by atoms with E-state index in [1.165, 1.54) is 24.7 Å². The maximum absolute atomic E-state index is 12.3. The first-order valence-electron chi connectivity index (χ1n) is 7.72. The van der Waals surface area contributed by atoms with Crippen molar-refractivity contribution >= 4 is 40.0 Å². The van der Waals surface area contributed by atoms with Gasteiger partial charge in [0.05, 0.1) is 30.0 Å². The fourth-order valence-corrected chi connectivity index (χ4v) is 3.09. The number of fused-ring (bicyclic) bond motifs is 1. The van der Waals surface area contributed by atoms with Crippen molar-refractivity contribution in [3.63, 3.8) is 0 Å². The van der Waals surface area contributed by atoms with E-state index in [1.54, 1.807) is 30.5 Å². The molecule has 0 saturated carbocycles. The first-order chi connectivity index (χ1) is 12.4. The smallest absolute Gasteiger partial charge is 0.258 e. The van der Waals surface area contributed by atoms with Gasteiger partial charge in [0, 0.05) is 12.3 Å². The second kappa shape index (κ2) is 7.40. The Hall–Kier alpha value is -2.50. The fourth-order valence-electron chi connectivity index (χ4n) is 2.57. The summed E-state index contributed by atoms with van der Waals surface area (Å²) in [6, 6.07) is 8.50. The molecule has 0 radical (unpaired) electrons. The van der Waals surface area contributed by atoms with E-state index in [4.69, 9.17) is 32.7 Å². The van der Waals surface area contributed by atoms with E-state index < -0.39 is 0 Å². The number of nitrogens with zero attached hydrogens (tertiary/aromatic N) is 2. The highest BCUT2D eigenvalue weighted by atomic mass is 35.5. The Bertz CT molecular complexity index is 1070. The van der Waals surface area contributed by atoms with Crippen LogP contribution in [0.25, 0.3) is 16.8 Å². The average molecular weight is 391 g/mol. The van der Waals surface area contributed by atoms with E-state index >= 15 is 0 Å². The largest absolute Gasteiger partial charge is 0.493 e. The molecule has 0 atom stereocenters. The third kappa shape index (κ3) is 3.54. The summed E-state index contributed by atoms with van der Waals surface area (Å²) in [5, 5.41) is 0.707. The van der Waals surface area contributed by atoms with Crippen molar-refractivity contribution in [2.45, 2.75) is 6.92 Å². The lowest BCUT2D eigenvalue weighted by Crippen LogP contribution is -2.15. The summed E-state index contributed by atoms with van der Waals surface area (Å²) in [4.78, 5) is 16.8. The van der Waals surface area contributed by atoms with Gasteiger partial charge in [0.1, 0.15) is 5.65 Å². The minimum absolute atomic E-state index is 0.203. The first kappa shape index (κ1) is 18.3. The fraction of sp³-hybridized carbons (Fsp3) is 0.158. The number of benzene rings is 1. The molecule has 0 aliphatic carbocycles. The molecule has 5 nitrogen and oxygen atoms in total. The van der Waals surface area contributed by atoms with Gasteiger partial charge in [0.15, 0.2) is 11.5 Å². The average Bonchev–Trinajstić information content (AvgIpc) is 2.61. The molecule has 0 saturated heterocycles. The Morgan fingerprint density at radius 2 is 1.96 bits per heavy atom. The van der Waals surface area contributed by atoms with Crippen LogP contribution in [0.4, 0.5) is 0 Å². The lowest BCUT2D eigenvalue weighted by atomic mass is 10.1. The van der Waals surface area contributed by atoms with Crippen LogP contribution in [0.3, 0.4) is 0 Å². The number of methoxy groups -OCH3 is 2. The number of hydrogen-bond donors (Lipinski definition) is 0. The van der Waals surface area contributed by atoms with Gasteiger partial charge in [0.25, 0.3) is 5.56 Å². The van der Waals surface area contributed by atoms with E-state index in [9.17, 15) is 4.79 Å². The highest BCUT2D eigenvalue weighted by Gasteiger charge is 2.11. The number of aromatic nitrogens is 2. The normalized spacial score (nSPS) is 11.7. The molecule has 0 fully saturated rings. The van der Waals surface area contributed by atoms with Crippen molar-refractivity contribution in [2.24, 2.45) is 0 Å². The highest BCUT2D eigenvalue weighted by molar-refractivity contribution is 6.51. The Morgan fingerprint density at radius 3 is 2.65 bits per heavy atom. The molecule has 0 unspecified atom stereocenters. The van der Waals surface area contributed by atoms with Crippen LogP contribution in [0, 0.1) is 6.92 Å². The van der Waals surface area contributed by atoms with Crippen molar-refractivity contribution in [3.05, 3.63) is 68.7 Å². The second-order valence-electron chi connectivity index (χ2n) is 5.64. The minimum Gasteiger partial charge on any atom is -0.493 e. The van der Waals surface area contributed by atoms with Crippen molar-refractivity contribution < 1.29 is 9.47 Å². The summed E-state index contributed by atoms with van der Waals surface area (Å²) >= 11 is 12.6. The van der Waals surface area contributed by atoms with Crippen LogP contribution in [0.1, 0.15) is 16.8 Å². The third-order valence-corrected chi connectivity index (χ3v) is 4.38. The van der Waals surface area contributed by atoms with Crippen LogP contribution in [-0.2, 0) is 0 Å². The molecule has 1 aromatic carbocycles. The molecule has 0 amide bonds. The first-order valence-corrected chi connectivity index (χ1v) is 8.47. The molecule has 2 heterocycles. The van der Waals surface area contributed by atoms with Crippen molar-refractivity contribution in [1.82, 2.24) is 9.38 Å². The van der Waals surface area contributed by atoms with Gasteiger partial charge in [-0.15, -0.1) is 0 Å². The van der Waals surface area contributed by atoms with Gasteiger partial charge in [-0.25, -0.2) is 4.98 Å². The van der Waals surface area contributed by atoms with Crippen molar-refractivity contribution in [2.75, 3.05) is 14.2 Å². The number of pyridine rings is 1. The maximum atomic E-state index is 12.3. The molecular formula is C19H16Cl2N2O3. The summed E-state index contributed by atoms with van der Waals surface area (Å²) in [7, 11) is 3.04. The van der Waals surface area contributed by atoms with Crippen LogP contribution >= 0.6 is 23.2 Å². The van der Waals surface area contributed by atoms with E-state index in [0.717, 1.165) is 5.56 Å². The van der Waals surface area contributed by atoms with Gasteiger partial charge in [-0.3, -0.25) is 9.20 Å². The quantitative estimate of drug-likeness (QED) is 0.661. The molecule has 0 aliphatic rings. The Morgan fingerprint density at radius 1 is 1.19 bits per heavy atom. The van der Waals surface area contributed by atoms with Crippen LogP contribution in [0.2, 0.25) is 5.02 Å². The molecule has 7 heteroatoms. The standard InChI is InChI=1S/C19H16Cl2N2O3/c1-11-4-5-17-22-15(9-18(24)23(17)10-11)13(20)6-12-7-14(21)19(26-3)16(8-12)25-2/h4-10H,1-3H3/b13-6-. The topological polar surface area (TPSA) is 52.8 Å². The number of aryl methyl sites for hydroxylation is 1. The molecule has 0 N–H and O–H groups in total. The highest BCUT2D eigenvalue weighted by Crippen LogP contribution is 2.37. The number of ether oxygens (including phenoxy) is 2. The Balaban J connectivity index is 2.08. The van der Waals surface area contributed by atoms with Gasteiger partial charge >= 0.3 is 0 Å². The molecule has 0 aliphatic heterocycles. The van der Waals surface area contributed by atoms with Gasteiger partial charge in [-0.1, -0.05) is 29.3 Å². The van der Waals surface area contributed by atoms with E-state index in [2.05, 4.69) is 4.98 Å². The molecule has 0 spiro atoms. The molecule has 134 valence electrons. The zero-order valence-electron chi connectivity index (χ0n) is 14.4. The molecule has 3 rings (SSSR count). The lowest BCUT2D eigenvalue weighted by molar-refractivity contribution is 0.355. The minimum atomic E-state index is -0.203. The number of halogens is 2. The summed E-state index contributed by atoms with van der Waals surface area (Å²) in [5.41, 5.74) is 2.37. The summed E-state index contributed by atoms with van der Waals surface area (Å²) < 4.78 is 12.0. The Labute approximate surface area is 160 Å². The van der Waals surface area contributed by atoms with Crippen molar-refractivity contribution in [1.29, 1.82) is 0 Å². The third-order valence-electron chi connectivity index (χ3n) is 3.80. The molecule has 2 aromatic heterocycles. The molecule has 3 aromatic rings. The van der Waals surface area contributed by atoms with E-state index in [-0.39, 0.29) is 5.56 Å². The second-order valence-corrected chi connectivity index (χ2v) is 6.46. The Kier molecular flexibility index (Phi) is 5.20. The van der Waals surface area contributed by atoms with Gasteiger partial charge in [-0.05, 0) is 42.3 Å². The lowest BCUT2D eigenvalue weighted by Gasteiger charge is -2.10. The summed E-state index contributed by atoms with van der Waals surface area (Å²) in [6.07, 6.45) is 3.40. The summed E-state index contributed by atoms with van der Waals surface area (Å²) in [6.45, 7) is 1.91. The van der Waals surface area contributed by atoms with E-state index in [0.29, 0.717) is 38.5 Å². The number of hydrogen-bond acceptors (Lipinski definition) is 4. The maximum Gasteiger partial charge on any atom is 0.258 e. The van der Waals surface area contributed by atoms with Crippen LogP contribution in [0.15, 0.2) is 41.3 Å². The van der Waals surface area contributed by atoms with Gasteiger partial charge in [-0.2, -0.15) is 0 Å². The van der Waals surface area contributed by atoms with Crippen LogP contribution in [0.5, 0.6) is 11.5 Å². The van der Waals surface area contributed by atoms with Gasteiger partial charge in [0.2, 0.25) is 0 Å². The van der Waals surface area contributed by atoms with Crippen molar-refractivity contribution in [3.8, 4) is 11.5 Å². The zero-order valence-corrected chi connectivity index (χ0v) is 15.9. The van der Waals surface area contributed by atoms with E-state index in [1.807, 2.05) is 13.0 Å². The number of rotatable bonds is 4. The van der Waals surface area contributed by atoms with Crippen LogP contribution in [-0.4, -0.2) is 23.6 Å². The summed E-state index contributed by atoms with van der Waals surface area (Å²) in [5.74, 6) is 0.928. The predicted octanol–water partition coefficient (Wildman–Crippen LogP) is 4.41. The van der Waals surface area contributed by atoms with Crippen LogP contribution < -0.4 is 15.0 Å². The zero-order chi connectivity index (χ0) is 18.8. The monoisotopic (exact) mass is 390 g/mol. The molecule has 26 heavy (non-hydrogen) atoms. The SMILES string of the molecule is COc1cc(/C=C(\Cl)c2cc(=O)n3cc(C)ccc3n2)cc(Cl)c1OC. The van der Waals surface area contributed by atoms with Gasteiger partial charge < -0.3 is 9.47 Å².